The number of benzene rings is 1. The third-order valence-electron chi connectivity index (χ3n) is 5.01. The van der Waals surface area contributed by atoms with E-state index < -0.39 is 0 Å². The number of nitrogens with one attached hydrogen (secondary N) is 2. The van der Waals surface area contributed by atoms with Crippen LogP contribution in [0.25, 0.3) is 0 Å². The molecular formula is C16H20ClN5O2. The number of amides is 3. The Labute approximate surface area is 145 Å². The van der Waals surface area contributed by atoms with Crippen molar-refractivity contribution >= 4 is 29.2 Å². The third kappa shape index (κ3) is 2.35. The number of likely N-dealkylation sites (N-methyl/N-ethyl adjacent to an activating group) is 1. The molecule has 3 saturated heterocycles. The van der Waals surface area contributed by atoms with E-state index in [0.717, 1.165) is 18.8 Å². The molecule has 3 heterocycles. The fraction of sp³-hybridized carbons (Fsp3) is 0.500. The topological polar surface area (TPSA) is 67.9 Å². The van der Waals surface area contributed by atoms with E-state index in [9.17, 15) is 9.59 Å². The molecule has 0 aromatic heterocycles. The van der Waals surface area contributed by atoms with E-state index in [1.807, 2.05) is 24.3 Å². The Kier molecular flexibility index (Phi) is 3.67. The summed E-state index contributed by atoms with van der Waals surface area (Å²) in [6, 6.07) is 6.96. The van der Waals surface area contributed by atoms with Crippen LogP contribution in [-0.4, -0.2) is 60.4 Å². The molecule has 3 aliphatic heterocycles. The van der Waals surface area contributed by atoms with Crippen LogP contribution in [0.5, 0.6) is 0 Å². The van der Waals surface area contributed by atoms with E-state index in [1.54, 1.807) is 11.9 Å². The average molecular weight is 350 g/mol. The maximum absolute atomic E-state index is 12.4. The Morgan fingerprint density at radius 3 is 2.58 bits per heavy atom. The quantitative estimate of drug-likeness (QED) is 0.787. The molecule has 7 nitrogen and oxygen atoms in total. The third-order valence-corrected chi connectivity index (χ3v) is 5.26. The Bertz CT molecular complexity index is 682. The van der Waals surface area contributed by atoms with Crippen molar-refractivity contribution in [2.75, 3.05) is 25.0 Å². The van der Waals surface area contributed by atoms with Crippen molar-refractivity contribution in [3.63, 3.8) is 0 Å². The number of hydrogen-bond acceptors (Lipinski definition) is 5. The number of imide groups is 1. The van der Waals surface area contributed by atoms with Crippen LogP contribution in [0, 0.1) is 5.92 Å². The normalized spacial score (nSPS) is 33.3. The second-order valence-electron chi connectivity index (χ2n) is 6.77. The van der Waals surface area contributed by atoms with Gasteiger partial charge in [-0.05, 0) is 30.2 Å². The van der Waals surface area contributed by atoms with Crippen LogP contribution in [0.15, 0.2) is 24.3 Å². The predicted molar refractivity (Wildman–Crippen MR) is 90.5 cm³/mol. The zero-order chi connectivity index (χ0) is 17.0. The van der Waals surface area contributed by atoms with E-state index in [-0.39, 0.29) is 30.4 Å². The summed E-state index contributed by atoms with van der Waals surface area (Å²) >= 11 is 6.00. The number of carbonyl (C=O) groups is 2. The van der Waals surface area contributed by atoms with Crippen LogP contribution < -0.4 is 15.5 Å². The summed E-state index contributed by atoms with van der Waals surface area (Å²) in [6.07, 6.45) is -0.451. The number of halogens is 1. The fourth-order valence-corrected chi connectivity index (χ4v) is 4.03. The first-order valence-corrected chi connectivity index (χ1v) is 8.45. The Morgan fingerprint density at radius 1 is 1.17 bits per heavy atom. The molecule has 3 aliphatic rings. The lowest BCUT2D eigenvalue weighted by molar-refractivity contribution is -0.128. The van der Waals surface area contributed by atoms with Gasteiger partial charge in [-0.1, -0.05) is 18.5 Å². The first-order valence-electron chi connectivity index (χ1n) is 8.07. The molecule has 4 unspecified atom stereocenters. The minimum atomic E-state index is -0.379. The van der Waals surface area contributed by atoms with Crippen LogP contribution in [-0.2, 0) is 4.79 Å². The van der Waals surface area contributed by atoms with Crippen LogP contribution in [0.2, 0.25) is 5.02 Å². The standard InChI is InChI=1S/C16H20ClN5O2/c1-9-7-21(11-5-3-10(17)4-6-11)15-18-13-12(22(15)8-9)14(23)19-16(24)20(13)2/h3-6,9,12-13,15,18H,7-8H2,1-2H3,(H,19,23,24). The van der Waals surface area contributed by atoms with Gasteiger partial charge >= 0.3 is 6.03 Å². The van der Waals surface area contributed by atoms with Gasteiger partial charge in [0.05, 0.1) is 0 Å². The highest BCUT2D eigenvalue weighted by molar-refractivity contribution is 6.30. The SMILES string of the molecule is CC1CN(c2ccc(Cl)cc2)C2NC3C(C(=O)NC(=O)N3C)N2C1. The van der Waals surface area contributed by atoms with Crippen molar-refractivity contribution in [1.82, 2.24) is 20.4 Å². The molecule has 1 aromatic rings. The Hall–Kier alpha value is -1.83. The molecule has 0 spiro atoms. The number of fused-ring (bicyclic) bond motifs is 3. The second kappa shape index (κ2) is 5.61. The van der Waals surface area contributed by atoms with Gasteiger partial charge in [0.25, 0.3) is 0 Å². The van der Waals surface area contributed by atoms with Crippen molar-refractivity contribution in [3.8, 4) is 0 Å². The van der Waals surface area contributed by atoms with Gasteiger partial charge in [0.15, 0.2) is 0 Å². The zero-order valence-corrected chi connectivity index (χ0v) is 14.3. The van der Waals surface area contributed by atoms with Crippen molar-refractivity contribution in [2.45, 2.75) is 25.4 Å². The molecule has 3 fully saturated rings. The summed E-state index contributed by atoms with van der Waals surface area (Å²) in [5.74, 6) is 0.163. The van der Waals surface area contributed by atoms with Crippen molar-refractivity contribution in [3.05, 3.63) is 29.3 Å². The summed E-state index contributed by atoms with van der Waals surface area (Å²) < 4.78 is 0. The van der Waals surface area contributed by atoms with Gasteiger partial charge in [-0.2, -0.15) is 0 Å². The number of anilines is 1. The molecular weight excluding hydrogens is 330 g/mol. The first-order chi connectivity index (χ1) is 11.5. The number of rotatable bonds is 1. The van der Waals surface area contributed by atoms with Gasteiger partial charge in [-0.15, -0.1) is 0 Å². The van der Waals surface area contributed by atoms with Gasteiger partial charge in [-0.3, -0.25) is 20.3 Å². The molecule has 24 heavy (non-hydrogen) atoms. The van der Waals surface area contributed by atoms with E-state index in [2.05, 4.69) is 27.4 Å². The zero-order valence-electron chi connectivity index (χ0n) is 13.6. The number of urea groups is 1. The van der Waals surface area contributed by atoms with Gasteiger partial charge < -0.3 is 9.80 Å². The molecule has 0 bridgehead atoms. The molecule has 1 aromatic carbocycles. The average Bonchev–Trinajstić information content (AvgIpc) is 2.92. The lowest BCUT2D eigenvalue weighted by Crippen LogP contribution is -2.65. The molecule has 0 aliphatic carbocycles. The monoisotopic (exact) mass is 349 g/mol. The van der Waals surface area contributed by atoms with Gasteiger partial charge in [-0.25, -0.2) is 4.79 Å². The Morgan fingerprint density at radius 2 is 1.88 bits per heavy atom. The number of carbonyl (C=O) groups excluding carboxylic acids is 2. The molecule has 4 rings (SSSR count). The van der Waals surface area contributed by atoms with E-state index in [0.29, 0.717) is 10.9 Å². The minimum Gasteiger partial charge on any atom is -0.343 e. The summed E-state index contributed by atoms with van der Waals surface area (Å²) in [7, 11) is 1.71. The van der Waals surface area contributed by atoms with E-state index >= 15 is 0 Å². The van der Waals surface area contributed by atoms with Crippen molar-refractivity contribution < 1.29 is 9.59 Å². The predicted octanol–water partition coefficient (Wildman–Crippen LogP) is 0.861. The van der Waals surface area contributed by atoms with E-state index in [4.69, 9.17) is 11.6 Å². The van der Waals surface area contributed by atoms with Crippen LogP contribution in [0.1, 0.15) is 6.92 Å². The second-order valence-corrected chi connectivity index (χ2v) is 7.20. The molecule has 0 radical (unpaired) electrons. The largest absolute Gasteiger partial charge is 0.343 e. The number of nitrogens with zero attached hydrogens (tertiary/aromatic N) is 3. The van der Waals surface area contributed by atoms with Crippen LogP contribution in [0.4, 0.5) is 10.5 Å². The lowest BCUT2D eigenvalue weighted by atomic mass is 10.0. The lowest BCUT2D eigenvalue weighted by Gasteiger charge is -2.45. The van der Waals surface area contributed by atoms with Crippen molar-refractivity contribution in [2.24, 2.45) is 5.92 Å². The highest BCUT2D eigenvalue weighted by atomic mass is 35.5. The van der Waals surface area contributed by atoms with Crippen molar-refractivity contribution in [1.29, 1.82) is 0 Å². The maximum atomic E-state index is 12.4. The van der Waals surface area contributed by atoms with Gasteiger partial charge in [0.1, 0.15) is 18.5 Å². The van der Waals surface area contributed by atoms with Crippen LogP contribution >= 0.6 is 11.6 Å². The summed E-state index contributed by atoms with van der Waals surface area (Å²) in [6.45, 7) is 3.84. The highest BCUT2D eigenvalue weighted by Crippen LogP contribution is 2.33. The molecule has 4 atom stereocenters. The summed E-state index contributed by atoms with van der Waals surface area (Å²) in [5.41, 5.74) is 1.04. The molecule has 128 valence electrons. The summed E-state index contributed by atoms with van der Waals surface area (Å²) in [4.78, 5) is 30.3. The molecule has 8 heteroatoms. The first kappa shape index (κ1) is 15.7. The minimum absolute atomic E-state index is 0.128. The number of hydrogen-bond donors (Lipinski definition) is 2. The molecule has 2 N–H and O–H groups in total. The summed E-state index contributed by atoms with van der Waals surface area (Å²) in [5, 5.41) is 6.59. The van der Waals surface area contributed by atoms with E-state index in [1.165, 1.54) is 0 Å². The Balaban J connectivity index is 1.69. The molecule has 0 saturated carbocycles. The van der Waals surface area contributed by atoms with Gasteiger partial charge in [0, 0.05) is 30.8 Å². The highest BCUT2D eigenvalue weighted by Gasteiger charge is 2.54. The fourth-order valence-electron chi connectivity index (χ4n) is 3.90. The molecule has 3 amide bonds. The van der Waals surface area contributed by atoms with Crippen LogP contribution in [0.3, 0.4) is 0 Å². The van der Waals surface area contributed by atoms with Gasteiger partial charge in [0.2, 0.25) is 5.91 Å². The maximum Gasteiger partial charge on any atom is 0.325 e. The smallest absolute Gasteiger partial charge is 0.325 e.